The topological polar surface area (TPSA) is 69.4 Å². The lowest BCUT2D eigenvalue weighted by Crippen LogP contribution is -2.26. The van der Waals surface area contributed by atoms with Crippen molar-refractivity contribution in [3.05, 3.63) is 47.3 Å². The fraction of sp³-hybridized carbons (Fsp3) is 0.389. The van der Waals surface area contributed by atoms with E-state index in [1.54, 1.807) is 32.9 Å². The number of rotatable bonds is 6. The van der Waals surface area contributed by atoms with E-state index >= 15 is 0 Å². The number of thioether (sulfide) groups is 1. The fourth-order valence-electron chi connectivity index (χ4n) is 1.82. The smallest absolute Gasteiger partial charge is 0.339 e. The highest BCUT2D eigenvalue weighted by Crippen LogP contribution is 2.27. The van der Waals surface area contributed by atoms with Crippen molar-refractivity contribution < 1.29 is 18.8 Å². The van der Waals surface area contributed by atoms with E-state index in [0.717, 1.165) is 16.3 Å². The van der Waals surface area contributed by atoms with E-state index in [4.69, 9.17) is 9.26 Å². The second-order valence-corrected chi connectivity index (χ2v) is 7.49. The van der Waals surface area contributed by atoms with Gasteiger partial charge in [0.2, 0.25) is 0 Å². The number of carbonyl (C=O) groups is 2. The Bertz CT molecular complexity index is 731. The van der Waals surface area contributed by atoms with Crippen LogP contribution < -0.4 is 0 Å². The average Bonchev–Trinajstić information content (AvgIpc) is 2.95. The first-order valence-electron chi connectivity index (χ1n) is 7.62. The number of esters is 1. The van der Waals surface area contributed by atoms with Gasteiger partial charge in [0, 0.05) is 16.4 Å². The Morgan fingerprint density at radius 1 is 1.25 bits per heavy atom. The van der Waals surface area contributed by atoms with E-state index in [2.05, 4.69) is 5.16 Å². The molecule has 1 aromatic heterocycles. The second-order valence-electron chi connectivity index (χ2n) is 6.47. The molecular weight excluding hydrogens is 326 g/mol. The molecule has 0 N–H and O–H groups in total. The zero-order chi connectivity index (χ0) is 17.7. The average molecular weight is 347 g/mol. The lowest BCUT2D eigenvalue weighted by molar-refractivity contribution is -0.129. The molecule has 0 bridgehead atoms. The molecule has 0 aliphatic rings. The predicted molar refractivity (Wildman–Crippen MR) is 92.0 cm³/mol. The Morgan fingerprint density at radius 3 is 2.58 bits per heavy atom. The molecule has 2 aromatic rings. The minimum absolute atomic E-state index is 0.113. The highest BCUT2D eigenvalue weighted by molar-refractivity contribution is 7.98. The van der Waals surface area contributed by atoms with E-state index in [9.17, 15) is 9.59 Å². The molecule has 1 aromatic carbocycles. The summed E-state index contributed by atoms with van der Waals surface area (Å²) in [4.78, 5) is 25.0. The maximum Gasteiger partial charge on any atom is 0.339 e. The molecule has 0 saturated carbocycles. The lowest BCUT2D eigenvalue weighted by atomic mass is 9.91. The van der Waals surface area contributed by atoms with Crippen LogP contribution in [0.1, 0.15) is 42.6 Å². The van der Waals surface area contributed by atoms with Crippen LogP contribution in [0.4, 0.5) is 0 Å². The molecule has 0 fully saturated rings. The quantitative estimate of drug-likeness (QED) is 0.580. The van der Waals surface area contributed by atoms with E-state index in [-0.39, 0.29) is 12.4 Å². The minimum atomic E-state index is -0.529. The van der Waals surface area contributed by atoms with Crippen molar-refractivity contribution in [2.45, 2.75) is 38.3 Å². The molecule has 0 radical (unpaired) electrons. The highest BCUT2D eigenvalue weighted by atomic mass is 32.2. The maximum atomic E-state index is 12.3. The van der Waals surface area contributed by atoms with Crippen molar-refractivity contribution in [3.63, 3.8) is 0 Å². The van der Waals surface area contributed by atoms with Gasteiger partial charge in [-0.25, -0.2) is 4.79 Å². The number of carbonyl (C=O) groups excluding carboxylic acids is 2. The van der Waals surface area contributed by atoms with Crippen LogP contribution in [0.3, 0.4) is 0 Å². The molecular formula is C18H21NO4S. The summed E-state index contributed by atoms with van der Waals surface area (Å²) >= 11 is 1.46. The molecule has 6 heteroatoms. The number of benzene rings is 1. The molecule has 0 aliphatic carbocycles. The third-order valence-corrected chi connectivity index (χ3v) is 4.42. The van der Waals surface area contributed by atoms with Gasteiger partial charge in [0.15, 0.2) is 12.4 Å². The predicted octanol–water partition coefficient (Wildman–Crippen LogP) is 4.05. The third kappa shape index (κ3) is 4.96. The fourth-order valence-corrected chi connectivity index (χ4v) is 2.74. The first-order chi connectivity index (χ1) is 11.3. The van der Waals surface area contributed by atoms with Crippen LogP contribution in [0.5, 0.6) is 0 Å². The minimum Gasteiger partial charge on any atom is -0.454 e. The summed E-state index contributed by atoms with van der Waals surface area (Å²) in [6.07, 6.45) is 0. The van der Waals surface area contributed by atoms with Crippen molar-refractivity contribution in [2.24, 2.45) is 5.41 Å². The van der Waals surface area contributed by atoms with Crippen LogP contribution in [0.15, 0.2) is 39.8 Å². The summed E-state index contributed by atoms with van der Waals surface area (Å²) < 4.78 is 10.3. The molecule has 128 valence electrons. The molecule has 0 aliphatic heterocycles. The lowest BCUT2D eigenvalue weighted by Gasteiger charge is -2.16. The largest absolute Gasteiger partial charge is 0.454 e. The number of aryl methyl sites for hydroxylation is 1. The van der Waals surface area contributed by atoms with Gasteiger partial charge < -0.3 is 9.26 Å². The molecule has 0 amide bonds. The highest BCUT2D eigenvalue weighted by Gasteiger charge is 2.23. The standard InChI is InChI=1S/C18H21NO4S/c1-12-9-13(23-19-12)11-24-15-8-6-5-7-14(15)17(21)22-10-16(20)18(2,3)4/h5-9H,10-11H2,1-4H3. The van der Waals surface area contributed by atoms with Gasteiger partial charge in [-0.3, -0.25) is 4.79 Å². The Balaban J connectivity index is 2.02. The second kappa shape index (κ2) is 7.66. The Hall–Kier alpha value is -2.08. The molecule has 0 atom stereocenters. The maximum absolute atomic E-state index is 12.3. The number of Topliss-reactive ketones (excluding diaryl/α,β-unsaturated/α-hetero) is 1. The SMILES string of the molecule is Cc1cc(CSc2ccccc2C(=O)OCC(=O)C(C)(C)C)on1. The van der Waals surface area contributed by atoms with E-state index in [1.165, 1.54) is 11.8 Å². The monoisotopic (exact) mass is 347 g/mol. The van der Waals surface area contributed by atoms with Gasteiger partial charge in [-0.05, 0) is 19.1 Å². The molecule has 0 saturated heterocycles. The number of aromatic nitrogens is 1. The van der Waals surface area contributed by atoms with Crippen molar-refractivity contribution in [1.82, 2.24) is 5.16 Å². The van der Waals surface area contributed by atoms with E-state index in [0.29, 0.717) is 11.3 Å². The zero-order valence-corrected chi connectivity index (χ0v) is 15.1. The molecule has 1 heterocycles. The Labute approximate surface area is 145 Å². The molecule has 0 unspecified atom stereocenters. The van der Waals surface area contributed by atoms with Gasteiger partial charge >= 0.3 is 5.97 Å². The van der Waals surface area contributed by atoms with Gasteiger partial charge in [0.25, 0.3) is 0 Å². The first-order valence-corrected chi connectivity index (χ1v) is 8.60. The molecule has 0 spiro atoms. The zero-order valence-electron chi connectivity index (χ0n) is 14.3. The van der Waals surface area contributed by atoms with Gasteiger partial charge in [0.05, 0.1) is 17.0 Å². The van der Waals surface area contributed by atoms with Crippen LogP contribution in [0.2, 0.25) is 0 Å². The number of nitrogens with zero attached hydrogens (tertiary/aromatic N) is 1. The van der Waals surface area contributed by atoms with Crippen molar-refractivity contribution >= 4 is 23.5 Å². The summed E-state index contributed by atoms with van der Waals surface area (Å²) in [5.41, 5.74) is 0.734. The number of hydrogen-bond acceptors (Lipinski definition) is 6. The van der Waals surface area contributed by atoms with Crippen LogP contribution >= 0.6 is 11.8 Å². The number of hydrogen-bond donors (Lipinski definition) is 0. The summed E-state index contributed by atoms with van der Waals surface area (Å²) in [5.74, 6) is 0.692. The van der Waals surface area contributed by atoms with Crippen LogP contribution in [0.25, 0.3) is 0 Å². The third-order valence-electron chi connectivity index (χ3n) is 3.32. The summed E-state index contributed by atoms with van der Waals surface area (Å²) in [7, 11) is 0. The summed E-state index contributed by atoms with van der Waals surface area (Å²) in [5, 5.41) is 3.84. The van der Waals surface area contributed by atoms with Crippen LogP contribution in [-0.2, 0) is 15.3 Å². The van der Waals surface area contributed by atoms with Gasteiger partial charge in [0.1, 0.15) is 5.76 Å². The number of ketones is 1. The van der Waals surface area contributed by atoms with Crippen molar-refractivity contribution in [1.29, 1.82) is 0 Å². The van der Waals surface area contributed by atoms with E-state index < -0.39 is 11.4 Å². The van der Waals surface area contributed by atoms with Gasteiger partial charge in [-0.2, -0.15) is 0 Å². The molecule has 24 heavy (non-hydrogen) atoms. The van der Waals surface area contributed by atoms with Gasteiger partial charge in [-0.15, -0.1) is 11.8 Å². The van der Waals surface area contributed by atoms with Gasteiger partial charge in [-0.1, -0.05) is 38.1 Å². The normalized spacial score (nSPS) is 11.3. The van der Waals surface area contributed by atoms with Crippen molar-refractivity contribution in [3.8, 4) is 0 Å². The molecule has 5 nitrogen and oxygen atoms in total. The van der Waals surface area contributed by atoms with E-state index in [1.807, 2.05) is 25.1 Å². The Kier molecular flexibility index (Phi) is 5.83. The molecule has 2 rings (SSSR count). The first kappa shape index (κ1) is 18.3. The summed E-state index contributed by atoms with van der Waals surface area (Å²) in [6.45, 7) is 7.03. The van der Waals surface area contributed by atoms with Crippen LogP contribution in [0, 0.1) is 12.3 Å². The number of ether oxygens (including phenoxy) is 1. The van der Waals surface area contributed by atoms with Crippen molar-refractivity contribution in [2.75, 3.05) is 6.61 Å². The Morgan fingerprint density at radius 2 is 1.96 bits per heavy atom. The summed E-state index contributed by atoms with van der Waals surface area (Å²) in [6, 6.07) is 9.01. The van der Waals surface area contributed by atoms with Crippen LogP contribution in [-0.4, -0.2) is 23.5 Å².